The van der Waals surface area contributed by atoms with Crippen molar-refractivity contribution in [2.45, 2.75) is 30.7 Å². The average molecular weight is 432 g/mol. The third-order valence-corrected chi connectivity index (χ3v) is 6.44. The number of anilines is 1. The molecule has 2 aromatic rings. The molecule has 1 aliphatic heterocycles. The predicted octanol–water partition coefficient (Wildman–Crippen LogP) is 2.24. The fourth-order valence-electron chi connectivity index (χ4n) is 3.33. The third-order valence-electron chi connectivity index (χ3n) is 5.05. The average Bonchev–Trinajstić information content (AvgIpc) is 2.74. The molecule has 1 aliphatic rings. The van der Waals surface area contributed by atoms with E-state index in [1.165, 1.54) is 38.3 Å². The molecule has 0 aliphatic carbocycles. The molecule has 0 spiro atoms. The first-order chi connectivity index (χ1) is 14.3. The van der Waals surface area contributed by atoms with E-state index in [0.29, 0.717) is 42.9 Å². The standard InChI is InChI=1S/C21H25N3O5S/c1-15(25)24-13-11-17(12-14-24)22-21(26)16-7-9-18(10-8-16)30(27,28)23-19-5-3-4-6-20(19)29-2/h3-10,17,23H,11-14H2,1-2H3,(H,22,26). The van der Waals surface area contributed by atoms with Crippen LogP contribution >= 0.6 is 0 Å². The van der Waals surface area contributed by atoms with Crippen LogP contribution in [0.2, 0.25) is 0 Å². The molecule has 2 amide bonds. The molecule has 0 atom stereocenters. The zero-order valence-corrected chi connectivity index (χ0v) is 17.7. The highest BCUT2D eigenvalue weighted by Gasteiger charge is 2.23. The summed E-state index contributed by atoms with van der Waals surface area (Å²) in [6.07, 6.45) is 1.39. The Morgan fingerprint density at radius 1 is 1.03 bits per heavy atom. The summed E-state index contributed by atoms with van der Waals surface area (Å²) in [4.78, 5) is 25.7. The number of rotatable bonds is 6. The van der Waals surface area contributed by atoms with E-state index in [0.717, 1.165) is 0 Å². The van der Waals surface area contributed by atoms with E-state index in [-0.39, 0.29) is 22.8 Å². The summed E-state index contributed by atoms with van der Waals surface area (Å²) in [7, 11) is -2.37. The number of para-hydroxylation sites is 2. The monoisotopic (exact) mass is 431 g/mol. The molecule has 0 radical (unpaired) electrons. The van der Waals surface area contributed by atoms with Crippen molar-refractivity contribution < 1.29 is 22.7 Å². The molecular formula is C21H25N3O5S. The zero-order chi connectivity index (χ0) is 21.7. The van der Waals surface area contributed by atoms with Crippen molar-refractivity contribution in [3.8, 4) is 5.75 Å². The van der Waals surface area contributed by atoms with Gasteiger partial charge in [0.15, 0.2) is 0 Å². The number of carbonyl (C=O) groups is 2. The Balaban J connectivity index is 1.64. The van der Waals surface area contributed by atoms with Crippen molar-refractivity contribution >= 4 is 27.5 Å². The molecule has 2 aromatic carbocycles. The van der Waals surface area contributed by atoms with Crippen molar-refractivity contribution in [1.29, 1.82) is 0 Å². The van der Waals surface area contributed by atoms with Crippen LogP contribution in [0.3, 0.4) is 0 Å². The van der Waals surface area contributed by atoms with Gasteiger partial charge in [0.2, 0.25) is 5.91 Å². The number of ether oxygens (including phenoxy) is 1. The Morgan fingerprint density at radius 2 is 1.67 bits per heavy atom. The second-order valence-electron chi connectivity index (χ2n) is 7.08. The number of hydrogen-bond donors (Lipinski definition) is 2. The molecule has 2 N–H and O–H groups in total. The number of sulfonamides is 1. The summed E-state index contributed by atoms with van der Waals surface area (Å²) in [5.41, 5.74) is 0.707. The van der Waals surface area contributed by atoms with E-state index in [4.69, 9.17) is 4.74 Å². The fourth-order valence-corrected chi connectivity index (χ4v) is 4.40. The normalized spacial score (nSPS) is 14.8. The van der Waals surface area contributed by atoms with Crippen LogP contribution in [0, 0.1) is 0 Å². The molecule has 1 fully saturated rings. The first kappa shape index (κ1) is 21.6. The van der Waals surface area contributed by atoms with Crippen molar-refractivity contribution in [1.82, 2.24) is 10.2 Å². The van der Waals surface area contributed by atoms with Gasteiger partial charge in [-0.05, 0) is 49.2 Å². The van der Waals surface area contributed by atoms with Gasteiger partial charge >= 0.3 is 0 Å². The molecule has 8 nitrogen and oxygen atoms in total. The minimum atomic E-state index is -3.83. The van der Waals surface area contributed by atoms with Gasteiger partial charge in [0.05, 0.1) is 17.7 Å². The van der Waals surface area contributed by atoms with Crippen LogP contribution in [0.5, 0.6) is 5.75 Å². The van der Waals surface area contributed by atoms with E-state index in [1.54, 1.807) is 29.2 Å². The van der Waals surface area contributed by atoms with Gasteiger partial charge in [-0.3, -0.25) is 14.3 Å². The Hall–Kier alpha value is -3.07. The van der Waals surface area contributed by atoms with Crippen molar-refractivity contribution in [3.05, 3.63) is 54.1 Å². The number of piperidine rings is 1. The summed E-state index contributed by atoms with van der Waals surface area (Å²) in [6.45, 7) is 2.77. The first-order valence-corrected chi connectivity index (χ1v) is 11.1. The lowest BCUT2D eigenvalue weighted by Gasteiger charge is -2.31. The molecular weight excluding hydrogens is 406 g/mol. The van der Waals surface area contributed by atoms with Crippen molar-refractivity contribution in [3.63, 3.8) is 0 Å². The highest BCUT2D eigenvalue weighted by atomic mass is 32.2. The molecule has 1 saturated heterocycles. The van der Waals surface area contributed by atoms with Gasteiger partial charge in [-0.25, -0.2) is 8.42 Å². The van der Waals surface area contributed by atoms with Crippen LogP contribution in [-0.2, 0) is 14.8 Å². The van der Waals surface area contributed by atoms with E-state index in [9.17, 15) is 18.0 Å². The van der Waals surface area contributed by atoms with Gasteiger partial charge < -0.3 is 15.0 Å². The van der Waals surface area contributed by atoms with Crippen molar-refractivity contribution in [2.24, 2.45) is 0 Å². The summed E-state index contributed by atoms with van der Waals surface area (Å²) in [6, 6.07) is 12.5. The van der Waals surface area contributed by atoms with Gasteiger partial charge in [0.25, 0.3) is 15.9 Å². The number of amides is 2. The topological polar surface area (TPSA) is 105 Å². The lowest BCUT2D eigenvalue weighted by molar-refractivity contribution is -0.129. The summed E-state index contributed by atoms with van der Waals surface area (Å²) in [5.74, 6) is 0.184. The fraction of sp³-hybridized carbons (Fsp3) is 0.333. The first-order valence-electron chi connectivity index (χ1n) is 9.62. The van der Waals surface area contributed by atoms with Gasteiger partial charge in [-0.15, -0.1) is 0 Å². The lowest BCUT2D eigenvalue weighted by Crippen LogP contribution is -2.46. The molecule has 30 heavy (non-hydrogen) atoms. The number of nitrogens with one attached hydrogen (secondary N) is 2. The quantitative estimate of drug-likeness (QED) is 0.730. The predicted molar refractivity (Wildman–Crippen MR) is 113 cm³/mol. The van der Waals surface area contributed by atoms with Crippen LogP contribution < -0.4 is 14.8 Å². The summed E-state index contributed by atoms with van der Waals surface area (Å²) in [5, 5.41) is 2.95. The second-order valence-corrected chi connectivity index (χ2v) is 8.77. The largest absolute Gasteiger partial charge is 0.495 e. The third kappa shape index (κ3) is 5.10. The molecule has 3 rings (SSSR count). The van der Waals surface area contributed by atoms with Crippen LogP contribution in [-0.4, -0.2) is 51.4 Å². The zero-order valence-electron chi connectivity index (χ0n) is 16.9. The van der Waals surface area contributed by atoms with Gasteiger partial charge in [0, 0.05) is 31.6 Å². The molecule has 9 heteroatoms. The number of benzene rings is 2. The highest BCUT2D eigenvalue weighted by Crippen LogP contribution is 2.26. The Labute approximate surface area is 176 Å². The number of nitrogens with zero attached hydrogens (tertiary/aromatic N) is 1. The molecule has 0 aromatic heterocycles. The Kier molecular flexibility index (Phi) is 6.61. The van der Waals surface area contributed by atoms with Gasteiger partial charge in [-0.2, -0.15) is 0 Å². The van der Waals surface area contributed by atoms with Gasteiger partial charge in [0.1, 0.15) is 5.75 Å². The maximum Gasteiger partial charge on any atom is 0.262 e. The Morgan fingerprint density at radius 3 is 2.27 bits per heavy atom. The second kappa shape index (κ2) is 9.17. The van der Waals surface area contributed by atoms with E-state index >= 15 is 0 Å². The highest BCUT2D eigenvalue weighted by molar-refractivity contribution is 7.92. The summed E-state index contributed by atoms with van der Waals surface area (Å²) >= 11 is 0. The van der Waals surface area contributed by atoms with E-state index in [2.05, 4.69) is 10.0 Å². The Bertz CT molecular complexity index is 1010. The minimum Gasteiger partial charge on any atom is -0.495 e. The van der Waals surface area contributed by atoms with Crippen LogP contribution in [0.1, 0.15) is 30.1 Å². The number of methoxy groups -OCH3 is 1. The number of carbonyl (C=O) groups excluding carboxylic acids is 2. The van der Waals surface area contributed by atoms with Crippen LogP contribution in [0.4, 0.5) is 5.69 Å². The molecule has 160 valence electrons. The summed E-state index contributed by atoms with van der Waals surface area (Å²) < 4.78 is 33.0. The maximum atomic E-state index is 12.7. The number of likely N-dealkylation sites (tertiary alicyclic amines) is 1. The van der Waals surface area contributed by atoms with Crippen LogP contribution in [0.15, 0.2) is 53.4 Å². The lowest BCUT2D eigenvalue weighted by atomic mass is 10.0. The van der Waals surface area contributed by atoms with Crippen molar-refractivity contribution in [2.75, 3.05) is 24.9 Å². The van der Waals surface area contributed by atoms with E-state index in [1.807, 2.05) is 0 Å². The maximum absolute atomic E-state index is 12.7. The number of hydrogen-bond acceptors (Lipinski definition) is 5. The van der Waals surface area contributed by atoms with Gasteiger partial charge in [-0.1, -0.05) is 12.1 Å². The minimum absolute atomic E-state index is 0.0104. The smallest absolute Gasteiger partial charge is 0.262 e. The molecule has 1 heterocycles. The van der Waals surface area contributed by atoms with Crippen LogP contribution in [0.25, 0.3) is 0 Å². The molecule has 0 unspecified atom stereocenters. The molecule has 0 saturated carbocycles. The molecule has 0 bridgehead atoms. The SMILES string of the molecule is COc1ccccc1NS(=O)(=O)c1ccc(C(=O)NC2CCN(C(C)=O)CC2)cc1. The van der Waals surface area contributed by atoms with E-state index < -0.39 is 10.0 Å².